The minimum absolute atomic E-state index is 0.230. The highest BCUT2D eigenvalue weighted by atomic mass is 32.1. The molecular formula is C16H20N2OS. The van der Waals surface area contributed by atoms with Crippen LogP contribution in [0.5, 0.6) is 0 Å². The van der Waals surface area contributed by atoms with Crippen LogP contribution >= 0.6 is 11.3 Å². The molecule has 0 bridgehead atoms. The predicted octanol–water partition coefficient (Wildman–Crippen LogP) is 3.46. The van der Waals surface area contributed by atoms with Gasteiger partial charge in [0.2, 0.25) is 0 Å². The maximum Gasteiger partial charge on any atom is 0.141 e. The van der Waals surface area contributed by atoms with Crippen LogP contribution in [0.2, 0.25) is 0 Å². The Labute approximate surface area is 123 Å². The Hall–Kier alpha value is -1.26. The number of nitrogens with zero attached hydrogens (tertiary/aromatic N) is 1. The fraction of sp³-hybridized carbons (Fsp3) is 0.500. The molecule has 2 aromatic rings. The molecule has 3 rings (SSSR count). The van der Waals surface area contributed by atoms with Crippen LogP contribution in [0, 0.1) is 0 Å². The molecule has 0 atom stereocenters. The van der Waals surface area contributed by atoms with Crippen molar-refractivity contribution in [3.8, 4) is 0 Å². The monoisotopic (exact) mass is 288 g/mol. The van der Waals surface area contributed by atoms with E-state index >= 15 is 0 Å². The van der Waals surface area contributed by atoms with Crippen LogP contribution in [0.15, 0.2) is 24.3 Å². The maximum atomic E-state index is 12.2. The molecule has 0 amide bonds. The average Bonchev–Trinajstić information content (AvgIpc) is 2.80. The van der Waals surface area contributed by atoms with Crippen molar-refractivity contribution in [2.24, 2.45) is 5.73 Å². The smallest absolute Gasteiger partial charge is 0.141 e. The number of ketones is 1. The summed E-state index contributed by atoms with van der Waals surface area (Å²) in [6, 6.07) is 8.02. The lowest BCUT2D eigenvalue weighted by molar-refractivity contribution is -0.119. The summed E-state index contributed by atoms with van der Waals surface area (Å²) < 4.78 is 1.15. The number of hydrogen-bond acceptors (Lipinski definition) is 4. The van der Waals surface area contributed by atoms with Gasteiger partial charge in [0.05, 0.1) is 16.6 Å². The maximum absolute atomic E-state index is 12.2. The third-order valence-electron chi connectivity index (χ3n) is 4.09. The van der Waals surface area contributed by atoms with Gasteiger partial charge in [-0.05, 0) is 25.0 Å². The topological polar surface area (TPSA) is 56.0 Å². The van der Waals surface area contributed by atoms with Gasteiger partial charge in [-0.25, -0.2) is 4.98 Å². The highest BCUT2D eigenvalue weighted by Crippen LogP contribution is 2.30. The number of para-hydroxylation sites is 1. The van der Waals surface area contributed by atoms with Crippen LogP contribution in [-0.4, -0.2) is 16.3 Å². The first-order valence-electron chi connectivity index (χ1n) is 7.30. The molecule has 3 nitrogen and oxygen atoms in total. The summed E-state index contributed by atoms with van der Waals surface area (Å²) in [7, 11) is 0. The molecule has 4 heteroatoms. The summed E-state index contributed by atoms with van der Waals surface area (Å²) >= 11 is 1.61. The molecule has 1 aromatic heterocycles. The zero-order valence-corrected chi connectivity index (χ0v) is 12.4. The Balaban J connectivity index is 1.66. The van der Waals surface area contributed by atoms with Crippen molar-refractivity contribution >= 4 is 27.3 Å². The molecule has 0 saturated heterocycles. The Morgan fingerprint density at radius 2 is 2.00 bits per heavy atom. The normalized spacial score (nSPS) is 18.2. The quantitative estimate of drug-likeness (QED) is 0.937. The van der Waals surface area contributed by atoms with Gasteiger partial charge < -0.3 is 5.73 Å². The van der Waals surface area contributed by atoms with Crippen LogP contribution < -0.4 is 5.73 Å². The highest BCUT2D eigenvalue weighted by Gasteiger charge is 2.30. The molecule has 1 fully saturated rings. The van der Waals surface area contributed by atoms with E-state index in [1.54, 1.807) is 11.3 Å². The number of fused-ring (bicyclic) bond motifs is 1. The summed E-state index contributed by atoms with van der Waals surface area (Å²) in [5.74, 6) is 0.230. The van der Waals surface area contributed by atoms with Crippen molar-refractivity contribution in [1.29, 1.82) is 0 Å². The van der Waals surface area contributed by atoms with E-state index < -0.39 is 0 Å². The number of thiazole rings is 1. The fourth-order valence-electron chi connectivity index (χ4n) is 3.05. The van der Waals surface area contributed by atoms with Gasteiger partial charge in [0, 0.05) is 12.0 Å². The number of carbonyl (C=O) groups excluding carboxylic acids is 1. The first-order valence-corrected chi connectivity index (χ1v) is 8.11. The van der Waals surface area contributed by atoms with Gasteiger partial charge in [0.15, 0.2) is 0 Å². The standard InChI is InChI=1S/C16H20N2OS/c17-16(8-4-1-5-9-16)11-12(19)10-15-18-13-6-2-3-7-14(13)20-15/h2-3,6-7H,1,4-5,8-11,17H2. The van der Waals surface area contributed by atoms with E-state index in [1.165, 1.54) is 6.42 Å². The zero-order valence-electron chi connectivity index (χ0n) is 11.6. The highest BCUT2D eigenvalue weighted by molar-refractivity contribution is 7.18. The third-order valence-corrected chi connectivity index (χ3v) is 5.12. The van der Waals surface area contributed by atoms with Gasteiger partial charge >= 0.3 is 0 Å². The van der Waals surface area contributed by atoms with Gasteiger partial charge in [0.25, 0.3) is 0 Å². The summed E-state index contributed by atoms with van der Waals surface area (Å²) in [6.45, 7) is 0. The molecule has 0 radical (unpaired) electrons. The van der Waals surface area contributed by atoms with Crippen molar-refractivity contribution in [1.82, 2.24) is 4.98 Å². The average molecular weight is 288 g/mol. The molecule has 20 heavy (non-hydrogen) atoms. The Morgan fingerprint density at radius 3 is 2.75 bits per heavy atom. The number of benzene rings is 1. The van der Waals surface area contributed by atoms with Crippen LogP contribution in [0.25, 0.3) is 10.2 Å². The molecular weight excluding hydrogens is 268 g/mol. The summed E-state index contributed by atoms with van der Waals surface area (Å²) in [5, 5.41) is 0.913. The molecule has 1 saturated carbocycles. The van der Waals surface area contributed by atoms with Gasteiger partial charge in [-0.3, -0.25) is 4.79 Å². The third kappa shape index (κ3) is 3.07. The summed E-state index contributed by atoms with van der Waals surface area (Å²) in [5.41, 5.74) is 7.08. The minimum atomic E-state index is -0.258. The van der Waals surface area contributed by atoms with Crippen molar-refractivity contribution in [2.75, 3.05) is 0 Å². The lowest BCUT2D eigenvalue weighted by Crippen LogP contribution is -2.43. The largest absolute Gasteiger partial charge is 0.325 e. The molecule has 1 aliphatic rings. The van der Waals surface area contributed by atoms with Crippen LogP contribution in [0.1, 0.15) is 43.5 Å². The SMILES string of the molecule is NC1(CC(=O)Cc2nc3ccccc3s2)CCCCC1. The van der Waals surface area contributed by atoms with Crippen LogP contribution in [-0.2, 0) is 11.2 Å². The zero-order chi connectivity index (χ0) is 14.0. The van der Waals surface area contributed by atoms with E-state index in [-0.39, 0.29) is 11.3 Å². The number of aromatic nitrogens is 1. The van der Waals surface area contributed by atoms with Crippen LogP contribution in [0.3, 0.4) is 0 Å². The van der Waals surface area contributed by atoms with Gasteiger partial charge in [0.1, 0.15) is 10.8 Å². The first-order chi connectivity index (χ1) is 9.65. The lowest BCUT2D eigenvalue weighted by Gasteiger charge is -2.32. The van der Waals surface area contributed by atoms with E-state index in [0.717, 1.165) is 40.9 Å². The van der Waals surface area contributed by atoms with Gasteiger partial charge in [-0.1, -0.05) is 31.4 Å². The Bertz CT molecular complexity index is 581. The molecule has 2 N–H and O–H groups in total. The van der Waals surface area contributed by atoms with E-state index in [2.05, 4.69) is 4.98 Å². The number of carbonyl (C=O) groups is 1. The van der Waals surface area contributed by atoms with Crippen LogP contribution in [0.4, 0.5) is 0 Å². The first kappa shape index (κ1) is 13.7. The van der Waals surface area contributed by atoms with Gasteiger partial charge in [-0.2, -0.15) is 0 Å². The lowest BCUT2D eigenvalue weighted by atomic mass is 9.79. The van der Waals surface area contributed by atoms with Gasteiger partial charge in [-0.15, -0.1) is 11.3 Å². The van der Waals surface area contributed by atoms with Crippen molar-refractivity contribution in [3.63, 3.8) is 0 Å². The summed E-state index contributed by atoms with van der Waals surface area (Å²) in [6.07, 6.45) is 6.47. The number of nitrogens with two attached hydrogens (primary N) is 1. The minimum Gasteiger partial charge on any atom is -0.325 e. The second kappa shape index (κ2) is 5.62. The molecule has 0 unspecified atom stereocenters. The predicted molar refractivity (Wildman–Crippen MR) is 83.0 cm³/mol. The number of Topliss-reactive ketones (excluding diaryl/α,β-unsaturated/α-hetero) is 1. The van der Waals surface area contributed by atoms with E-state index in [1.807, 2.05) is 24.3 Å². The molecule has 1 heterocycles. The van der Waals surface area contributed by atoms with E-state index in [4.69, 9.17) is 5.73 Å². The Kier molecular flexibility index (Phi) is 3.85. The van der Waals surface area contributed by atoms with Crippen molar-refractivity contribution < 1.29 is 4.79 Å². The Morgan fingerprint density at radius 1 is 1.25 bits per heavy atom. The molecule has 1 aromatic carbocycles. The molecule has 1 aliphatic carbocycles. The van der Waals surface area contributed by atoms with Crippen molar-refractivity contribution in [2.45, 2.75) is 50.5 Å². The fourth-order valence-corrected chi connectivity index (χ4v) is 4.05. The number of rotatable bonds is 4. The summed E-state index contributed by atoms with van der Waals surface area (Å²) in [4.78, 5) is 16.8. The molecule has 106 valence electrons. The second-order valence-electron chi connectivity index (χ2n) is 5.89. The van der Waals surface area contributed by atoms with E-state index in [0.29, 0.717) is 12.8 Å². The molecule has 0 spiro atoms. The number of hydrogen-bond donors (Lipinski definition) is 1. The van der Waals surface area contributed by atoms with Crippen molar-refractivity contribution in [3.05, 3.63) is 29.3 Å². The second-order valence-corrected chi connectivity index (χ2v) is 7.01. The molecule has 0 aliphatic heterocycles. The van der Waals surface area contributed by atoms with E-state index in [9.17, 15) is 4.79 Å².